The summed E-state index contributed by atoms with van der Waals surface area (Å²) in [4.78, 5) is 16.7. The van der Waals surface area contributed by atoms with Crippen LogP contribution in [0.1, 0.15) is 16.1 Å². The Hall–Kier alpha value is -2.78. The fraction of sp³-hybridized carbons (Fsp3) is 0.0588. The number of hydrogen-bond acceptors (Lipinski definition) is 4. The van der Waals surface area contributed by atoms with Gasteiger partial charge in [-0.25, -0.2) is 13.9 Å². The quantitative estimate of drug-likeness (QED) is 0.514. The number of rotatable bonds is 4. The molecule has 27 heavy (non-hydrogen) atoms. The second kappa shape index (κ2) is 7.09. The van der Waals surface area contributed by atoms with E-state index in [1.165, 1.54) is 16.6 Å². The van der Waals surface area contributed by atoms with E-state index in [4.69, 9.17) is 11.6 Å². The average molecular weight is 450 g/mol. The second-order valence-electron chi connectivity index (χ2n) is 5.64. The number of carbonyl (C=O) groups excluding carboxylic acids is 1. The van der Waals surface area contributed by atoms with Gasteiger partial charge in [0.2, 0.25) is 0 Å². The van der Waals surface area contributed by atoms with Crippen molar-refractivity contribution in [2.75, 3.05) is 5.32 Å². The number of anilines is 1. The van der Waals surface area contributed by atoms with Crippen molar-refractivity contribution in [2.24, 2.45) is 0 Å². The Morgan fingerprint density at radius 1 is 1.26 bits per heavy atom. The highest BCUT2D eigenvalue weighted by Crippen LogP contribution is 2.22. The molecule has 0 bridgehead atoms. The normalized spacial score (nSPS) is 11.1. The molecule has 7 nitrogen and oxygen atoms in total. The minimum atomic E-state index is -0.419. The monoisotopic (exact) mass is 448 g/mol. The number of nitrogens with zero attached hydrogens (tertiary/aromatic N) is 5. The Morgan fingerprint density at radius 3 is 2.89 bits per heavy atom. The highest BCUT2D eigenvalue weighted by atomic mass is 79.9. The molecule has 0 saturated carbocycles. The second-order valence-corrected chi connectivity index (χ2v) is 6.84. The van der Waals surface area contributed by atoms with Crippen LogP contribution in [0, 0.1) is 5.82 Å². The maximum absolute atomic E-state index is 13.1. The van der Waals surface area contributed by atoms with E-state index in [1.807, 2.05) is 0 Å². The van der Waals surface area contributed by atoms with E-state index in [2.05, 4.69) is 36.4 Å². The van der Waals surface area contributed by atoms with Crippen molar-refractivity contribution >= 4 is 44.9 Å². The number of fused-ring (bicyclic) bond motifs is 1. The topological polar surface area (TPSA) is 77.1 Å². The predicted octanol–water partition coefficient (Wildman–Crippen LogP) is 3.78. The summed E-state index contributed by atoms with van der Waals surface area (Å²) in [5.41, 5.74) is 1.46. The SMILES string of the molecule is O=C(Nc1ccn(Cc2ccc(F)cc2Cl)n1)c1nn2cccnc2c1Br. The maximum Gasteiger partial charge on any atom is 0.278 e. The fourth-order valence-electron chi connectivity index (χ4n) is 2.52. The molecule has 3 heterocycles. The molecule has 0 atom stereocenters. The molecule has 3 aromatic heterocycles. The molecule has 0 fully saturated rings. The van der Waals surface area contributed by atoms with Crippen LogP contribution in [-0.4, -0.2) is 30.3 Å². The molecule has 0 radical (unpaired) electrons. The van der Waals surface area contributed by atoms with Crippen LogP contribution in [-0.2, 0) is 6.54 Å². The Labute approximate surface area is 165 Å². The summed E-state index contributed by atoms with van der Waals surface area (Å²) in [5, 5.41) is 11.5. The highest BCUT2D eigenvalue weighted by Gasteiger charge is 2.19. The van der Waals surface area contributed by atoms with Crippen molar-refractivity contribution < 1.29 is 9.18 Å². The minimum Gasteiger partial charge on any atom is -0.304 e. The molecule has 136 valence electrons. The van der Waals surface area contributed by atoms with Crippen LogP contribution in [0.25, 0.3) is 5.65 Å². The zero-order valence-electron chi connectivity index (χ0n) is 13.6. The first-order valence-electron chi connectivity index (χ1n) is 7.79. The van der Waals surface area contributed by atoms with Crippen molar-refractivity contribution in [3.63, 3.8) is 0 Å². The third-order valence-electron chi connectivity index (χ3n) is 3.78. The summed E-state index contributed by atoms with van der Waals surface area (Å²) < 4.78 is 16.7. The maximum atomic E-state index is 13.1. The van der Waals surface area contributed by atoms with Crippen LogP contribution < -0.4 is 5.32 Å². The first kappa shape index (κ1) is 17.6. The van der Waals surface area contributed by atoms with Crippen molar-refractivity contribution in [2.45, 2.75) is 6.54 Å². The Morgan fingerprint density at radius 2 is 2.11 bits per heavy atom. The Bertz CT molecular complexity index is 1160. The van der Waals surface area contributed by atoms with Crippen molar-refractivity contribution in [1.82, 2.24) is 24.4 Å². The molecular weight excluding hydrogens is 439 g/mol. The predicted molar refractivity (Wildman–Crippen MR) is 101 cm³/mol. The summed E-state index contributed by atoms with van der Waals surface area (Å²) in [5.74, 6) is -0.461. The molecule has 1 N–H and O–H groups in total. The van der Waals surface area contributed by atoms with Gasteiger partial charge in [0, 0.05) is 29.7 Å². The van der Waals surface area contributed by atoms with E-state index in [0.29, 0.717) is 33.1 Å². The highest BCUT2D eigenvalue weighted by molar-refractivity contribution is 9.10. The lowest BCUT2D eigenvalue weighted by atomic mass is 10.2. The molecule has 0 aliphatic rings. The van der Waals surface area contributed by atoms with Gasteiger partial charge in [-0.05, 0) is 39.7 Å². The van der Waals surface area contributed by atoms with Crippen LogP contribution in [0.3, 0.4) is 0 Å². The number of aromatic nitrogens is 5. The van der Waals surface area contributed by atoms with E-state index in [-0.39, 0.29) is 5.69 Å². The lowest BCUT2D eigenvalue weighted by molar-refractivity contribution is 0.102. The van der Waals surface area contributed by atoms with E-state index in [9.17, 15) is 9.18 Å². The third-order valence-corrected chi connectivity index (χ3v) is 4.87. The molecule has 0 aliphatic heterocycles. The van der Waals surface area contributed by atoms with Gasteiger partial charge in [0.1, 0.15) is 5.82 Å². The lowest BCUT2D eigenvalue weighted by Gasteiger charge is -2.05. The van der Waals surface area contributed by atoms with Gasteiger partial charge in [-0.1, -0.05) is 17.7 Å². The van der Waals surface area contributed by atoms with Crippen molar-refractivity contribution in [3.8, 4) is 0 Å². The number of benzene rings is 1. The van der Waals surface area contributed by atoms with E-state index in [1.54, 1.807) is 41.5 Å². The summed E-state index contributed by atoms with van der Waals surface area (Å²) in [6.07, 6.45) is 5.01. The fourth-order valence-corrected chi connectivity index (χ4v) is 3.29. The summed E-state index contributed by atoms with van der Waals surface area (Å²) >= 11 is 9.39. The first-order chi connectivity index (χ1) is 13.0. The summed E-state index contributed by atoms with van der Waals surface area (Å²) in [7, 11) is 0. The van der Waals surface area contributed by atoms with E-state index in [0.717, 1.165) is 0 Å². The molecule has 1 amide bonds. The van der Waals surface area contributed by atoms with Gasteiger partial charge in [0.25, 0.3) is 5.91 Å². The van der Waals surface area contributed by atoms with Gasteiger partial charge in [-0.2, -0.15) is 10.2 Å². The standard InChI is InChI=1S/C17H11BrClFN6O/c18-14-15(24-26-6-1-5-21-16(14)26)17(27)22-13-4-7-25(23-13)9-10-2-3-11(20)8-12(10)19/h1-8H,9H2,(H,22,23,27). The number of nitrogens with one attached hydrogen (secondary N) is 1. The van der Waals surface area contributed by atoms with Gasteiger partial charge in [0.05, 0.1) is 11.0 Å². The number of carbonyl (C=O) groups is 1. The van der Waals surface area contributed by atoms with Gasteiger partial charge >= 0.3 is 0 Å². The number of amides is 1. The number of halogens is 3. The van der Waals surface area contributed by atoms with Crippen LogP contribution in [0.4, 0.5) is 10.2 Å². The summed E-state index contributed by atoms with van der Waals surface area (Å²) in [6.45, 7) is 0.344. The molecule has 0 aliphatic carbocycles. The van der Waals surface area contributed by atoms with Crippen molar-refractivity contribution in [3.05, 3.63) is 75.5 Å². The smallest absolute Gasteiger partial charge is 0.278 e. The van der Waals surface area contributed by atoms with Gasteiger partial charge < -0.3 is 5.32 Å². The third kappa shape index (κ3) is 3.56. The zero-order chi connectivity index (χ0) is 19.0. The van der Waals surface area contributed by atoms with Gasteiger partial charge in [-0.15, -0.1) is 0 Å². The Kier molecular flexibility index (Phi) is 4.63. The largest absolute Gasteiger partial charge is 0.304 e. The van der Waals surface area contributed by atoms with Crippen LogP contribution in [0.5, 0.6) is 0 Å². The molecule has 4 aromatic rings. The first-order valence-corrected chi connectivity index (χ1v) is 8.96. The molecule has 10 heteroatoms. The van der Waals surface area contributed by atoms with E-state index >= 15 is 0 Å². The van der Waals surface area contributed by atoms with E-state index < -0.39 is 11.7 Å². The number of hydrogen-bond donors (Lipinski definition) is 1. The van der Waals surface area contributed by atoms with Crippen molar-refractivity contribution in [1.29, 1.82) is 0 Å². The molecular formula is C17H11BrClFN6O. The van der Waals surface area contributed by atoms with Crippen LogP contribution >= 0.6 is 27.5 Å². The molecule has 1 aromatic carbocycles. The zero-order valence-corrected chi connectivity index (χ0v) is 15.9. The Balaban J connectivity index is 1.51. The molecule has 0 spiro atoms. The van der Waals surface area contributed by atoms with Crippen LogP contribution in [0.15, 0.2) is 53.4 Å². The van der Waals surface area contributed by atoms with Gasteiger partial charge in [-0.3, -0.25) is 9.48 Å². The lowest BCUT2D eigenvalue weighted by Crippen LogP contribution is -2.14. The van der Waals surface area contributed by atoms with Crippen LogP contribution in [0.2, 0.25) is 5.02 Å². The van der Waals surface area contributed by atoms with Gasteiger partial charge in [0.15, 0.2) is 17.2 Å². The average Bonchev–Trinajstić information content (AvgIpc) is 3.22. The summed E-state index contributed by atoms with van der Waals surface area (Å²) in [6, 6.07) is 7.55. The minimum absolute atomic E-state index is 0.199. The molecule has 0 saturated heterocycles. The molecule has 4 rings (SSSR count). The molecule has 0 unspecified atom stereocenters.